The highest BCUT2D eigenvalue weighted by molar-refractivity contribution is 7.89. The van der Waals surface area contributed by atoms with Crippen LogP contribution in [0.25, 0.3) is 0 Å². The van der Waals surface area contributed by atoms with Crippen molar-refractivity contribution in [3.8, 4) is 5.75 Å². The fourth-order valence-electron chi connectivity index (χ4n) is 1.26. The van der Waals surface area contributed by atoms with E-state index in [0.29, 0.717) is 5.02 Å². The van der Waals surface area contributed by atoms with Crippen LogP contribution in [0, 0.1) is 5.92 Å². The van der Waals surface area contributed by atoms with Gasteiger partial charge in [-0.25, -0.2) is 13.1 Å². The van der Waals surface area contributed by atoms with Gasteiger partial charge in [0.2, 0.25) is 10.0 Å². The molecule has 1 atom stereocenters. The minimum absolute atomic E-state index is 0.0274. The van der Waals surface area contributed by atoms with Crippen LogP contribution in [0.2, 0.25) is 5.02 Å². The van der Waals surface area contributed by atoms with Crippen molar-refractivity contribution in [2.45, 2.75) is 11.8 Å². The number of rotatable bonds is 6. The Balaban J connectivity index is 2.98. The molecule has 1 aromatic rings. The molecule has 0 saturated heterocycles. The Bertz CT molecular complexity index is 504. The number of nitrogens with one attached hydrogen (secondary N) is 1. The molecule has 0 spiro atoms. The number of ether oxygens (including phenoxy) is 1. The van der Waals surface area contributed by atoms with Crippen molar-refractivity contribution in [3.05, 3.63) is 23.2 Å². The number of halogens is 1. The fourth-order valence-corrected chi connectivity index (χ4v) is 2.73. The van der Waals surface area contributed by atoms with Gasteiger partial charge in [-0.1, -0.05) is 18.5 Å². The molecule has 0 radical (unpaired) electrons. The monoisotopic (exact) mass is 293 g/mol. The lowest BCUT2D eigenvalue weighted by atomic mass is 10.2. The second kappa shape index (κ2) is 6.38. The normalized spacial score (nSPS) is 13.3. The van der Waals surface area contributed by atoms with E-state index in [-0.39, 0.29) is 29.7 Å². The molecule has 0 heterocycles. The average Bonchev–Trinajstić information content (AvgIpc) is 2.35. The topological polar surface area (TPSA) is 75.6 Å². The van der Waals surface area contributed by atoms with Crippen LogP contribution in [0.15, 0.2) is 23.1 Å². The lowest BCUT2D eigenvalue weighted by molar-refractivity contribution is 0.238. The van der Waals surface area contributed by atoms with Crippen LogP contribution in [0.4, 0.5) is 0 Å². The van der Waals surface area contributed by atoms with E-state index in [0.717, 1.165) is 0 Å². The molecule has 0 amide bonds. The maximum atomic E-state index is 12.0. The van der Waals surface area contributed by atoms with Crippen LogP contribution in [-0.4, -0.2) is 33.8 Å². The summed E-state index contributed by atoms with van der Waals surface area (Å²) < 4.78 is 31.5. The second-order valence-electron chi connectivity index (χ2n) is 3.93. The zero-order valence-corrected chi connectivity index (χ0v) is 11.8. The lowest BCUT2D eigenvalue weighted by Crippen LogP contribution is -2.29. The second-order valence-corrected chi connectivity index (χ2v) is 6.11. The van der Waals surface area contributed by atoms with E-state index >= 15 is 0 Å². The van der Waals surface area contributed by atoms with Gasteiger partial charge in [0.15, 0.2) is 0 Å². The highest BCUT2D eigenvalue weighted by Crippen LogP contribution is 2.26. The molecule has 0 aromatic heterocycles. The Morgan fingerprint density at radius 3 is 2.72 bits per heavy atom. The van der Waals surface area contributed by atoms with Gasteiger partial charge in [-0.2, -0.15) is 0 Å². The molecule has 0 fully saturated rings. The largest absolute Gasteiger partial charge is 0.495 e. The molecule has 7 heteroatoms. The molecular formula is C11H16ClNO4S. The number of sulfonamides is 1. The van der Waals surface area contributed by atoms with Gasteiger partial charge in [0.25, 0.3) is 0 Å². The van der Waals surface area contributed by atoms with E-state index in [4.69, 9.17) is 21.4 Å². The molecule has 2 N–H and O–H groups in total. The van der Waals surface area contributed by atoms with Crippen molar-refractivity contribution in [3.63, 3.8) is 0 Å². The standard InChI is InChI=1S/C11H16ClNO4S/c1-8(7-14)6-13-18(15,16)11-4-3-9(12)5-10(11)17-2/h3-5,8,13-14H,6-7H2,1-2H3. The average molecular weight is 294 g/mol. The number of hydrogen-bond donors (Lipinski definition) is 2. The predicted molar refractivity (Wildman–Crippen MR) is 69.4 cm³/mol. The molecule has 1 rings (SSSR count). The third-order valence-corrected chi connectivity index (χ3v) is 4.05. The molecule has 0 aliphatic rings. The van der Waals surface area contributed by atoms with Gasteiger partial charge in [0, 0.05) is 24.2 Å². The van der Waals surface area contributed by atoms with Gasteiger partial charge in [-0.15, -0.1) is 0 Å². The number of methoxy groups -OCH3 is 1. The van der Waals surface area contributed by atoms with Crippen LogP contribution in [0.3, 0.4) is 0 Å². The molecule has 5 nitrogen and oxygen atoms in total. The van der Waals surface area contributed by atoms with Crippen molar-refractivity contribution in [1.82, 2.24) is 4.72 Å². The summed E-state index contributed by atoms with van der Waals surface area (Å²) >= 11 is 5.77. The molecule has 0 aliphatic carbocycles. The first-order valence-corrected chi connectivity index (χ1v) is 7.21. The maximum absolute atomic E-state index is 12.0. The zero-order valence-electron chi connectivity index (χ0n) is 10.2. The minimum atomic E-state index is -3.67. The van der Waals surface area contributed by atoms with E-state index in [1.165, 1.54) is 25.3 Å². The van der Waals surface area contributed by atoms with Crippen molar-refractivity contribution < 1.29 is 18.3 Å². The first-order valence-electron chi connectivity index (χ1n) is 5.34. The molecule has 0 aliphatic heterocycles. The molecule has 18 heavy (non-hydrogen) atoms. The van der Waals surface area contributed by atoms with Crippen molar-refractivity contribution >= 4 is 21.6 Å². The molecule has 0 saturated carbocycles. The highest BCUT2D eigenvalue weighted by atomic mass is 35.5. The maximum Gasteiger partial charge on any atom is 0.244 e. The summed E-state index contributed by atoms with van der Waals surface area (Å²) in [7, 11) is -2.29. The summed E-state index contributed by atoms with van der Waals surface area (Å²) in [6.07, 6.45) is 0. The van der Waals surface area contributed by atoms with Gasteiger partial charge in [-0.05, 0) is 18.1 Å². The summed E-state index contributed by atoms with van der Waals surface area (Å²) in [5.41, 5.74) is 0. The summed E-state index contributed by atoms with van der Waals surface area (Å²) in [6, 6.07) is 4.30. The molecule has 1 aromatic carbocycles. The molecular weight excluding hydrogens is 278 g/mol. The number of aliphatic hydroxyl groups is 1. The Kier molecular flexibility index (Phi) is 5.40. The predicted octanol–water partition coefficient (Wildman–Crippen LogP) is 1.26. The summed E-state index contributed by atoms with van der Waals surface area (Å²) in [5.74, 6) is 0.0321. The smallest absolute Gasteiger partial charge is 0.244 e. The van der Waals surface area contributed by atoms with E-state index in [1.807, 2.05) is 0 Å². The SMILES string of the molecule is COc1cc(Cl)ccc1S(=O)(=O)NCC(C)CO. The van der Waals surface area contributed by atoms with Gasteiger partial charge < -0.3 is 9.84 Å². The van der Waals surface area contributed by atoms with Crippen LogP contribution in [0.5, 0.6) is 5.75 Å². The number of benzene rings is 1. The summed E-state index contributed by atoms with van der Waals surface area (Å²) in [6.45, 7) is 1.81. The molecule has 1 unspecified atom stereocenters. The van der Waals surface area contributed by atoms with Gasteiger partial charge in [0.05, 0.1) is 7.11 Å². The van der Waals surface area contributed by atoms with Crippen LogP contribution in [0.1, 0.15) is 6.92 Å². The summed E-state index contributed by atoms with van der Waals surface area (Å²) in [4.78, 5) is 0.0274. The molecule has 102 valence electrons. The quantitative estimate of drug-likeness (QED) is 0.828. The Morgan fingerprint density at radius 2 is 2.17 bits per heavy atom. The fraction of sp³-hybridized carbons (Fsp3) is 0.455. The third kappa shape index (κ3) is 3.84. The lowest BCUT2D eigenvalue weighted by Gasteiger charge is -2.13. The van der Waals surface area contributed by atoms with Crippen LogP contribution < -0.4 is 9.46 Å². The van der Waals surface area contributed by atoms with E-state index in [9.17, 15) is 8.42 Å². The van der Waals surface area contributed by atoms with Gasteiger partial charge in [-0.3, -0.25) is 0 Å². The number of hydrogen-bond acceptors (Lipinski definition) is 4. The third-order valence-electron chi connectivity index (χ3n) is 2.35. The van der Waals surface area contributed by atoms with Crippen molar-refractivity contribution in [2.24, 2.45) is 5.92 Å². The Morgan fingerprint density at radius 1 is 1.50 bits per heavy atom. The minimum Gasteiger partial charge on any atom is -0.495 e. The van der Waals surface area contributed by atoms with Crippen LogP contribution in [-0.2, 0) is 10.0 Å². The van der Waals surface area contributed by atoms with Crippen LogP contribution >= 0.6 is 11.6 Å². The van der Waals surface area contributed by atoms with E-state index in [1.54, 1.807) is 6.92 Å². The van der Waals surface area contributed by atoms with Gasteiger partial charge in [0.1, 0.15) is 10.6 Å². The summed E-state index contributed by atoms with van der Waals surface area (Å²) in [5, 5.41) is 9.26. The van der Waals surface area contributed by atoms with E-state index < -0.39 is 10.0 Å². The Labute approximate surface area is 112 Å². The van der Waals surface area contributed by atoms with E-state index in [2.05, 4.69) is 4.72 Å². The number of aliphatic hydroxyl groups excluding tert-OH is 1. The van der Waals surface area contributed by atoms with Gasteiger partial charge >= 0.3 is 0 Å². The van der Waals surface area contributed by atoms with Crippen molar-refractivity contribution in [1.29, 1.82) is 0 Å². The first kappa shape index (κ1) is 15.2. The molecule has 0 bridgehead atoms. The zero-order chi connectivity index (χ0) is 13.8. The highest BCUT2D eigenvalue weighted by Gasteiger charge is 2.20. The first-order chi connectivity index (χ1) is 8.40. The Hall–Kier alpha value is -0.820. The van der Waals surface area contributed by atoms with Crippen molar-refractivity contribution in [2.75, 3.05) is 20.3 Å².